The van der Waals surface area contributed by atoms with Crippen LogP contribution in [0.2, 0.25) is 0 Å². The van der Waals surface area contributed by atoms with Crippen LogP contribution in [-0.4, -0.2) is 22.5 Å². The topological polar surface area (TPSA) is 6.48 Å². The summed E-state index contributed by atoms with van der Waals surface area (Å²) >= 11 is 0. The lowest BCUT2D eigenvalue weighted by atomic mass is 10.2. The Balaban J connectivity index is 2.22. The summed E-state index contributed by atoms with van der Waals surface area (Å²) in [6.07, 6.45) is 8.66. The summed E-state index contributed by atoms with van der Waals surface area (Å²) in [4.78, 5) is 4.68. The quantitative estimate of drug-likeness (QED) is 0.605. The maximum Gasteiger partial charge on any atom is 0.0947 e. The van der Waals surface area contributed by atoms with E-state index < -0.39 is 0 Å². The van der Waals surface area contributed by atoms with Crippen LogP contribution in [0.4, 0.5) is 0 Å². The molecule has 2 heteroatoms. The third kappa shape index (κ3) is 1.37. The van der Waals surface area contributed by atoms with Gasteiger partial charge in [-0.2, -0.15) is 0 Å². The summed E-state index contributed by atoms with van der Waals surface area (Å²) < 4.78 is 0. The fourth-order valence-electron chi connectivity index (χ4n) is 1.66. The summed E-state index contributed by atoms with van der Waals surface area (Å²) in [6.45, 7) is 7.59. The summed E-state index contributed by atoms with van der Waals surface area (Å²) in [5.74, 6) is 0. The minimum atomic E-state index is 0.583. The van der Waals surface area contributed by atoms with Crippen molar-refractivity contribution in [3.63, 3.8) is 0 Å². The molecule has 2 heterocycles. The molecule has 0 aromatic heterocycles. The largest absolute Gasteiger partial charge is 0.355 e. The van der Waals surface area contributed by atoms with Crippen LogP contribution in [-0.2, 0) is 0 Å². The Morgan fingerprint density at radius 1 is 1.38 bits per heavy atom. The Morgan fingerprint density at radius 2 is 2.15 bits per heavy atom. The zero-order chi connectivity index (χ0) is 9.42. The van der Waals surface area contributed by atoms with Crippen molar-refractivity contribution in [2.75, 3.05) is 6.67 Å². The van der Waals surface area contributed by atoms with Gasteiger partial charge in [0.2, 0.25) is 0 Å². The summed E-state index contributed by atoms with van der Waals surface area (Å²) in [5.41, 5.74) is 2.64. The van der Waals surface area contributed by atoms with Gasteiger partial charge in [-0.25, -0.2) is 0 Å². The second-order valence-corrected chi connectivity index (χ2v) is 3.90. The Labute approximate surface area is 79.8 Å². The highest BCUT2D eigenvalue weighted by Crippen LogP contribution is 2.26. The Morgan fingerprint density at radius 3 is 2.77 bits per heavy atom. The Bertz CT molecular complexity index is 297. The van der Waals surface area contributed by atoms with E-state index >= 15 is 0 Å². The molecule has 0 spiro atoms. The summed E-state index contributed by atoms with van der Waals surface area (Å²) in [6, 6.07) is 0.583. The van der Waals surface area contributed by atoms with Crippen LogP contribution in [0.3, 0.4) is 0 Å². The lowest BCUT2D eigenvalue weighted by Gasteiger charge is -2.26. The van der Waals surface area contributed by atoms with Crippen molar-refractivity contribution in [2.45, 2.75) is 26.8 Å². The first kappa shape index (κ1) is 8.42. The highest BCUT2D eigenvalue weighted by atomic mass is 15.4. The number of nitrogens with zero attached hydrogens (tertiary/aromatic N) is 2. The first-order chi connectivity index (χ1) is 6.18. The lowest BCUT2D eigenvalue weighted by molar-refractivity contribution is 0.254. The first-order valence-electron chi connectivity index (χ1n) is 4.78. The standard InChI is InChI=1S/C11H16N2/c1-9(2)12-7-11-6-4-5-10(3)13(11)8-12/h4-7,9H,8H2,1-3H3. The molecule has 2 rings (SSSR count). The predicted molar refractivity (Wildman–Crippen MR) is 54.7 cm³/mol. The Kier molecular flexibility index (Phi) is 1.91. The molecule has 0 aromatic rings. The maximum atomic E-state index is 2.35. The second kappa shape index (κ2) is 2.95. The predicted octanol–water partition coefficient (Wildman–Crippen LogP) is 2.28. The second-order valence-electron chi connectivity index (χ2n) is 3.90. The lowest BCUT2D eigenvalue weighted by Crippen LogP contribution is -2.30. The van der Waals surface area contributed by atoms with E-state index in [2.05, 4.69) is 55.0 Å². The molecule has 0 bridgehead atoms. The minimum absolute atomic E-state index is 0.583. The van der Waals surface area contributed by atoms with E-state index in [0.717, 1.165) is 6.67 Å². The highest BCUT2D eigenvalue weighted by molar-refractivity contribution is 5.33. The number of fused-ring (bicyclic) bond motifs is 1. The van der Waals surface area contributed by atoms with Crippen molar-refractivity contribution >= 4 is 0 Å². The van der Waals surface area contributed by atoms with Gasteiger partial charge in [-0.1, -0.05) is 6.08 Å². The van der Waals surface area contributed by atoms with Crippen molar-refractivity contribution < 1.29 is 0 Å². The van der Waals surface area contributed by atoms with Crippen LogP contribution in [0.25, 0.3) is 0 Å². The smallest absolute Gasteiger partial charge is 0.0947 e. The highest BCUT2D eigenvalue weighted by Gasteiger charge is 2.22. The molecule has 0 atom stereocenters. The number of allylic oxidation sites excluding steroid dienone is 4. The molecule has 0 N–H and O–H groups in total. The van der Waals surface area contributed by atoms with E-state index in [1.165, 1.54) is 11.4 Å². The number of rotatable bonds is 1. The van der Waals surface area contributed by atoms with Crippen molar-refractivity contribution in [1.29, 1.82) is 0 Å². The molecule has 2 aliphatic heterocycles. The van der Waals surface area contributed by atoms with Gasteiger partial charge in [0.25, 0.3) is 0 Å². The molecule has 70 valence electrons. The van der Waals surface area contributed by atoms with Crippen LogP contribution in [0.5, 0.6) is 0 Å². The molecule has 13 heavy (non-hydrogen) atoms. The number of hydrogen-bond acceptors (Lipinski definition) is 2. The zero-order valence-corrected chi connectivity index (χ0v) is 8.49. The SMILES string of the molecule is CC1=CC=CC2=CN(C(C)C)CN12. The van der Waals surface area contributed by atoms with Gasteiger partial charge >= 0.3 is 0 Å². The van der Waals surface area contributed by atoms with E-state index in [1.807, 2.05) is 0 Å². The summed E-state index contributed by atoms with van der Waals surface area (Å²) in [7, 11) is 0. The molecule has 0 saturated carbocycles. The van der Waals surface area contributed by atoms with Gasteiger partial charge in [0, 0.05) is 17.9 Å². The minimum Gasteiger partial charge on any atom is -0.355 e. The van der Waals surface area contributed by atoms with Crippen molar-refractivity contribution in [2.24, 2.45) is 0 Å². The van der Waals surface area contributed by atoms with Gasteiger partial charge in [-0.15, -0.1) is 0 Å². The molecule has 0 fully saturated rings. The number of hydrogen-bond donors (Lipinski definition) is 0. The molecule has 0 aliphatic carbocycles. The van der Waals surface area contributed by atoms with E-state index in [1.54, 1.807) is 0 Å². The summed E-state index contributed by atoms with van der Waals surface area (Å²) in [5, 5.41) is 0. The van der Waals surface area contributed by atoms with Gasteiger partial charge in [0.15, 0.2) is 0 Å². The monoisotopic (exact) mass is 176 g/mol. The molecule has 2 nitrogen and oxygen atoms in total. The van der Waals surface area contributed by atoms with Crippen LogP contribution < -0.4 is 0 Å². The van der Waals surface area contributed by atoms with Crippen LogP contribution in [0, 0.1) is 0 Å². The van der Waals surface area contributed by atoms with Gasteiger partial charge in [-0.3, -0.25) is 0 Å². The molecule has 0 saturated heterocycles. The van der Waals surface area contributed by atoms with E-state index in [9.17, 15) is 0 Å². The van der Waals surface area contributed by atoms with Gasteiger partial charge in [0.1, 0.15) is 0 Å². The van der Waals surface area contributed by atoms with Gasteiger partial charge < -0.3 is 9.80 Å². The van der Waals surface area contributed by atoms with Crippen LogP contribution in [0.15, 0.2) is 35.8 Å². The zero-order valence-electron chi connectivity index (χ0n) is 8.49. The van der Waals surface area contributed by atoms with Gasteiger partial charge in [-0.05, 0) is 32.9 Å². The molecule has 0 radical (unpaired) electrons. The molecular formula is C11H16N2. The third-order valence-corrected chi connectivity index (χ3v) is 2.61. The van der Waals surface area contributed by atoms with Crippen molar-refractivity contribution in [3.8, 4) is 0 Å². The maximum absolute atomic E-state index is 2.35. The van der Waals surface area contributed by atoms with Gasteiger partial charge in [0.05, 0.1) is 12.4 Å². The van der Waals surface area contributed by atoms with E-state index in [0.29, 0.717) is 6.04 Å². The fraction of sp³-hybridized carbons (Fsp3) is 0.455. The Hall–Kier alpha value is -1.18. The molecule has 0 unspecified atom stereocenters. The first-order valence-corrected chi connectivity index (χ1v) is 4.78. The average molecular weight is 176 g/mol. The molecule has 0 aromatic carbocycles. The van der Waals surface area contributed by atoms with Crippen LogP contribution in [0.1, 0.15) is 20.8 Å². The normalized spacial score (nSPS) is 20.6. The van der Waals surface area contributed by atoms with Crippen LogP contribution >= 0.6 is 0 Å². The van der Waals surface area contributed by atoms with E-state index in [4.69, 9.17) is 0 Å². The van der Waals surface area contributed by atoms with Crippen molar-refractivity contribution in [1.82, 2.24) is 9.80 Å². The van der Waals surface area contributed by atoms with Crippen molar-refractivity contribution in [3.05, 3.63) is 35.8 Å². The third-order valence-electron chi connectivity index (χ3n) is 2.61. The molecule has 0 amide bonds. The average Bonchev–Trinajstić information content (AvgIpc) is 2.49. The fourth-order valence-corrected chi connectivity index (χ4v) is 1.66. The molecule has 2 aliphatic rings. The molecular weight excluding hydrogens is 160 g/mol. The van der Waals surface area contributed by atoms with E-state index in [-0.39, 0.29) is 0 Å².